The van der Waals surface area contributed by atoms with E-state index in [2.05, 4.69) is 20.0 Å². The van der Waals surface area contributed by atoms with E-state index in [0.29, 0.717) is 17.3 Å². The Bertz CT molecular complexity index is 1300. The highest BCUT2D eigenvalue weighted by Crippen LogP contribution is 2.35. The van der Waals surface area contributed by atoms with Gasteiger partial charge >= 0.3 is 0 Å². The minimum absolute atomic E-state index is 0.0199. The van der Waals surface area contributed by atoms with Crippen LogP contribution in [-0.2, 0) is 21.2 Å². The van der Waals surface area contributed by atoms with Gasteiger partial charge in [0.1, 0.15) is 0 Å². The van der Waals surface area contributed by atoms with Crippen LogP contribution in [-0.4, -0.2) is 37.4 Å². The third-order valence-corrected chi connectivity index (χ3v) is 7.73. The Kier molecular flexibility index (Phi) is 5.59. The number of hydrogen-bond donors (Lipinski definition) is 2. The maximum atomic E-state index is 12.6. The summed E-state index contributed by atoms with van der Waals surface area (Å²) in [5.74, 6) is 0.355. The lowest BCUT2D eigenvalue weighted by molar-refractivity contribution is -0.117. The molecule has 8 nitrogen and oxygen atoms in total. The van der Waals surface area contributed by atoms with Crippen molar-refractivity contribution in [3.63, 3.8) is 0 Å². The Morgan fingerprint density at radius 1 is 1.03 bits per heavy atom. The maximum absolute atomic E-state index is 12.6. The number of aromatic nitrogens is 2. The van der Waals surface area contributed by atoms with Crippen molar-refractivity contribution in [2.45, 2.75) is 43.0 Å². The van der Waals surface area contributed by atoms with Gasteiger partial charge < -0.3 is 10.2 Å². The zero-order chi connectivity index (χ0) is 23.0. The zero-order valence-electron chi connectivity index (χ0n) is 18.3. The van der Waals surface area contributed by atoms with Crippen LogP contribution >= 0.6 is 0 Å². The van der Waals surface area contributed by atoms with Crippen molar-refractivity contribution in [3.8, 4) is 11.3 Å². The molecule has 1 amide bonds. The monoisotopic (exact) mass is 463 g/mol. The molecule has 1 aliphatic heterocycles. The average Bonchev–Trinajstić information content (AvgIpc) is 3.29. The van der Waals surface area contributed by atoms with E-state index in [9.17, 15) is 13.2 Å². The van der Waals surface area contributed by atoms with Crippen molar-refractivity contribution in [1.82, 2.24) is 14.7 Å². The molecule has 2 N–H and O–H groups in total. The molecular weight excluding hydrogens is 438 g/mol. The average molecular weight is 464 g/mol. The van der Waals surface area contributed by atoms with Crippen LogP contribution in [0.15, 0.2) is 59.6 Å². The van der Waals surface area contributed by atoms with Gasteiger partial charge in [0.25, 0.3) is 0 Å². The van der Waals surface area contributed by atoms with Crippen molar-refractivity contribution in [3.05, 3.63) is 60.3 Å². The number of benzene rings is 2. The predicted molar refractivity (Wildman–Crippen MR) is 127 cm³/mol. The van der Waals surface area contributed by atoms with Gasteiger partial charge in [-0.15, -0.1) is 0 Å². The topological polar surface area (TPSA) is 104 Å². The smallest absolute Gasteiger partial charge is 0.240 e. The summed E-state index contributed by atoms with van der Waals surface area (Å²) in [6, 6.07) is 14.2. The Morgan fingerprint density at radius 2 is 1.76 bits per heavy atom. The van der Waals surface area contributed by atoms with Crippen LogP contribution in [0.3, 0.4) is 0 Å². The van der Waals surface area contributed by atoms with Crippen molar-refractivity contribution < 1.29 is 13.2 Å². The van der Waals surface area contributed by atoms with E-state index < -0.39 is 10.0 Å². The van der Waals surface area contributed by atoms with E-state index in [0.717, 1.165) is 42.5 Å². The second kappa shape index (κ2) is 8.57. The van der Waals surface area contributed by atoms with E-state index in [1.165, 1.54) is 0 Å². The molecule has 3 aromatic rings. The summed E-state index contributed by atoms with van der Waals surface area (Å²) in [4.78, 5) is 23.5. The van der Waals surface area contributed by atoms with Crippen LogP contribution in [0.4, 0.5) is 17.3 Å². The number of hydrogen-bond acceptors (Lipinski definition) is 6. The number of likely N-dealkylation sites (N-methyl/N-ethyl adjacent to an activating group) is 1. The third kappa shape index (κ3) is 4.34. The summed E-state index contributed by atoms with van der Waals surface area (Å²) in [6.45, 7) is 0. The number of para-hydroxylation sites is 1. The fraction of sp³-hybridized carbons (Fsp3) is 0.292. The lowest BCUT2D eigenvalue weighted by Crippen LogP contribution is -2.32. The molecule has 9 heteroatoms. The number of sulfonamides is 1. The third-order valence-electron chi connectivity index (χ3n) is 6.20. The quantitative estimate of drug-likeness (QED) is 0.599. The normalized spacial score (nSPS) is 16.3. The van der Waals surface area contributed by atoms with Gasteiger partial charge in [0.05, 0.1) is 22.7 Å². The summed E-state index contributed by atoms with van der Waals surface area (Å²) in [5, 5.41) is 3.14. The molecule has 0 spiro atoms. The fourth-order valence-corrected chi connectivity index (χ4v) is 5.69. The molecular formula is C24H25N5O3S. The Labute approximate surface area is 193 Å². The first kappa shape index (κ1) is 21.5. The number of carbonyl (C=O) groups excluding carboxylic acids is 1. The Balaban J connectivity index is 1.39. The van der Waals surface area contributed by atoms with Gasteiger partial charge in [-0.1, -0.05) is 31.0 Å². The van der Waals surface area contributed by atoms with Gasteiger partial charge in [-0.3, -0.25) is 4.79 Å². The first-order valence-corrected chi connectivity index (χ1v) is 12.5. The van der Waals surface area contributed by atoms with E-state index in [1.54, 1.807) is 42.4 Å². The minimum Gasteiger partial charge on any atom is -0.324 e. The number of fused-ring (bicyclic) bond motifs is 3. The van der Waals surface area contributed by atoms with Crippen LogP contribution in [0.25, 0.3) is 11.3 Å². The van der Waals surface area contributed by atoms with Gasteiger partial charge in [0.15, 0.2) is 0 Å². The van der Waals surface area contributed by atoms with Crippen molar-refractivity contribution in [2.75, 3.05) is 17.3 Å². The standard InChI is InChI=1S/C24H25N5O3S/c1-29-21-9-5-4-8-20(21)23-16(14-22(29)30)15-25-24(27-23)26-17-10-12-19(13-11-17)33(31,32)28-18-6-2-3-7-18/h4-5,8-13,15,18,28H,2-3,6-7,14H2,1H3,(H,25,26,27). The number of nitrogens with one attached hydrogen (secondary N) is 2. The molecule has 0 saturated heterocycles. The van der Waals surface area contributed by atoms with Gasteiger partial charge in [-0.25, -0.2) is 23.1 Å². The van der Waals surface area contributed by atoms with Crippen LogP contribution in [0.2, 0.25) is 0 Å². The number of nitrogens with zero attached hydrogens (tertiary/aromatic N) is 3. The van der Waals surface area contributed by atoms with Crippen molar-refractivity contribution in [1.29, 1.82) is 0 Å². The van der Waals surface area contributed by atoms with E-state index in [-0.39, 0.29) is 23.3 Å². The molecule has 2 aliphatic rings. The molecule has 1 aliphatic carbocycles. The molecule has 1 fully saturated rings. The highest BCUT2D eigenvalue weighted by Gasteiger charge is 2.25. The van der Waals surface area contributed by atoms with Gasteiger partial charge in [-0.2, -0.15) is 0 Å². The van der Waals surface area contributed by atoms with Crippen LogP contribution in [0.5, 0.6) is 0 Å². The van der Waals surface area contributed by atoms with Gasteiger partial charge in [-0.05, 0) is 43.2 Å². The number of anilines is 3. The molecule has 170 valence electrons. The molecule has 0 radical (unpaired) electrons. The van der Waals surface area contributed by atoms with Crippen LogP contribution < -0.4 is 14.9 Å². The SMILES string of the molecule is CN1C(=O)Cc2cnc(Nc3ccc(S(=O)(=O)NC4CCCC4)cc3)nc2-c2ccccc21. The molecule has 1 aromatic heterocycles. The van der Waals surface area contributed by atoms with Gasteiger partial charge in [0, 0.05) is 36.1 Å². The summed E-state index contributed by atoms with van der Waals surface area (Å²) in [5.41, 5.74) is 3.81. The van der Waals surface area contributed by atoms with Crippen LogP contribution in [0, 0.1) is 0 Å². The Hall–Kier alpha value is -3.30. The maximum Gasteiger partial charge on any atom is 0.240 e. The predicted octanol–water partition coefficient (Wildman–Crippen LogP) is 3.63. The lowest BCUT2D eigenvalue weighted by atomic mass is 10.1. The summed E-state index contributed by atoms with van der Waals surface area (Å²) < 4.78 is 28.1. The van der Waals surface area contributed by atoms with Gasteiger partial charge in [0.2, 0.25) is 21.9 Å². The summed E-state index contributed by atoms with van der Waals surface area (Å²) >= 11 is 0. The second-order valence-electron chi connectivity index (χ2n) is 8.47. The van der Waals surface area contributed by atoms with E-state index in [4.69, 9.17) is 0 Å². The molecule has 0 unspecified atom stereocenters. The molecule has 33 heavy (non-hydrogen) atoms. The minimum atomic E-state index is -3.54. The van der Waals surface area contributed by atoms with E-state index >= 15 is 0 Å². The number of carbonyl (C=O) groups is 1. The van der Waals surface area contributed by atoms with Crippen molar-refractivity contribution in [2.24, 2.45) is 0 Å². The second-order valence-corrected chi connectivity index (χ2v) is 10.2. The highest BCUT2D eigenvalue weighted by atomic mass is 32.2. The molecule has 0 bridgehead atoms. The lowest BCUT2D eigenvalue weighted by Gasteiger charge is -2.16. The molecule has 1 saturated carbocycles. The Morgan fingerprint density at radius 3 is 2.52 bits per heavy atom. The molecule has 0 atom stereocenters. The highest BCUT2D eigenvalue weighted by molar-refractivity contribution is 7.89. The number of rotatable bonds is 5. The van der Waals surface area contributed by atoms with E-state index in [1.807, 2.05) is 24.3 Å². The first-order chi connectivity index (χ1) is 15.9. The summed E-state index contributed by atoms with van der Waals surface area (Å²) in [7, 11) is -1.78. The molecule has 2 heterocycles. The number of amides is 1. The largest absolute Gasteiger partial charge is 0.324 e. The molecule has 2 aromatic carbocycles. The summed E-state index contributed by atoms with van der Waals surface area (Å²) in [6.07, 6.45) is 5.79. The fourth-order valence-electron chi connectivity index (χ4n) is 4.39. The van der Waals surface area contributed by atoms with Crippen LogP contribution in [0.1, 0.15) is 31.2 Å². The zero-order valence-corrected chi connectivity index (χ0v) is 19.1. The van der Waals surface area contributed by atoms with Crippen molar-refractivity contribution >= 4 is 33.3 Å². The first-order valence-electron chi connectivity index (χ1n) is 11.0. The molecule has 5 rings (SSSR count).